The van der Waals surface area contributed by atoms with Crippen molar-refractivity contribution in [1.82, 2.24) is 9.80 Å². The average Bonchev–Trinajstić information content (AvgIpc) is 2.47. The lowest BCUT2D eigenvalue weighted by molar-refractivity contribution is -0.134. The van der Waals surface area contributed by atoms with Crippen LogP contribution in [0.3, 0.4) is 0 Å². The average molecular weight is 357 g/mol. The maximum Gasteiger partial charge on any atom is 0.255 e. The minimum atomic E-state index is -0.138. The largest absolute Gasteiger partial charge is 0.339 e. The van der Waals surface area contributed by atoms with Crippen molar-refractivity contribution in [3.05, 3.63) is 33.8 Å². The van der Waals surface area contributed by atoms with Gasteiger partial charge in [0.15, 0.2) is 0 Å². The zero-order chi connectivity index (χ0) is 17.2. The van der Waals surface area contributed by atoms with Crippen LogP contribution in [-0.4, -0.2) is 47.8 Å². The molecule has 0 spiro atoms. The lowest BCUT2D eigenvalue weighted by Gasteiger charge is -2.36. The summed E-state index contributed by atoms with van der Waals surface area (Å²) in [7, 11) is 0. The Kier molecular flexibility index (Phi) is 5.58. The van der Waals surface area contributed by atoms with Crippen molar-refractivity contribution < 1.29 is 9.59 Å². The number of halogens is 2. The molecule has 1 heterocycles. The van der Waals surface area contributed by atoms with Crippen LogP contribution in [0.2, 0.25) is 10.0 Å². The third-order valence-electron chi connectivity index (χ3n) is 3.76. The third-order valence-corrected chi connectivity index (χ3v) is 4.32. The number of carbonyl (C=O) groups excluding carboxylic acids is 2. The third kappa shape index (κ3) is 4.85. The Bertz CT molecular complexity index is 603. The van der Waals surface area contributed by atoms with Crippen LogP contribution < -0.4 is 0 Å². The van der Waals surface area contributed by atoms with Gasteiger partial charge in [-0.05, 0) is 23.6 Å². The molecule has 2 rings (SSSR count). The summed E-state index contributed by atoms with van der Waals surface area (Å²) in [6.07, 6.45) is 0.515. The molecule has 1 fully saturated rings. The van der Waals surface area contributed by atoms with Gasteiger partial charge in [-0.2, -0.15) is 0 Å². The number of amides is 2. The second kappa shape index (κ2) is 7.10. The molecule has 0 aromatic heterocycles. The minimum Gasteiger partial charge on any atom is -0.339 e. The van der Waals surface area contributed by atoms with Crippen molar-refractivity contribution in [3.8, 4) is 0 Å². The number of carbonyl (C=O) groups is 2. The van der Waals surface area contributed by atoms with Crippen LogP contribution in [0.1, 0.15) is 37.6 Å². The van der Waals surface area contributed by atoms with E-state index in [9.17, 15) is 9.59 Å². The topological polar surface area (TPSA) is 40.6 Å². The Balaban J connectivity index is 1.97. The van der Waals surface area contributed by atoms with Gasteiger partial charge >= 0.3 is 0 Å². The standard InChI is InChI=1S/C17H22Cl2N2O2/c1-17(2,3)11-15(22)20-6-8-21(9-7-20)16(23)13-10-12(18)4-5-14(13)19/h4-5,10H,6-9,11H2,1-3H3. The molecule has 1 aromatic rings. The van der Waals surface area contributed by atoms with Gasteiger partial charge in [0.05, 0.1) is 10.6 Å². The van der Waals surface area contributed by atoms with E-state index in [1.165, 1.54) is 0 Å². The number of rotatable bonds is 2. The summed E-state index contributed by atoms with van der Waals surface area (Å²) in [5.41, 5.74) is 0.381. The van der Waals surface area contributed by atoms with Crippen LogP contribution in [0.5, 0.6) is 0 Å². The molecular weight excluding hydrogens is 335 g/mol. The van der Waals surface area contributed by atoms with Gasteiger partial charge in [0.1, 0.15) is 0 Å². The lowest BCUT2D eigenvalue weighted by atomic mass is 9.91. The van der Waals surface area contributed by atoms with E-state index in [0.29, 0.717) is 48.2 Å². The number of piperazine rings is 1. The zero-order valence-electron chi connectivity index (χ0n) is 13.7. The molecule has 6 heteroatoms. The highest BCUT2D eigenvalue weighted by Gasteiger charge is 2.27. The fourth-order valence-electron chi connectivity index (χ4n) is 2.56. The van der Waals surface area contributed by atoms with Crippen LogP contribution in [-0.2, 0) is 4.79 Å². The van der Waals surface area contributed by atoms with E-state index in [0.717, 1.165) is 0 Å². The summed E-state index contributed by atoms with van der Waals surface area (Å²) in [5, 5.41) is 0.877. The Morgan fingerprint density at radius 2 is 1.61 bits per heavy atom. The summed E-state index contributed by atoms with van der Waals surface area (Å²) in [5.74, 6) is 0.00538. The van der Waals surface area contributed by atoms with E-state index < -0.39 is 0 Å². The molecule has 0 atom stereocenters. The van der Waals surface area contributed by atoms with E-state index in [1.807, 2.05) is 25.7 Å². The van der Waals surface area contributed by atoms with Gasteiger partial charge < -0.3 is 9.80 Å². The van der Waals surface area contributed by atoms with Gasteiger partial charge in [-0.25, -0.2) is 0 Å². The normalized spacial score (nSPS) is 15.7. The molecule has 0 saturated carbocycles. The molecular formula is C17H22Cl2N2O2. The number of nitrogens with zero attached hydrogens (tertiary/aromatic N) is 2. The summed E-state index contributed by atoms with van der Waals surface area (Å²) in [4.78, 5) is 28.3. The molecule has 1 saturated heterocycles. The quantitative estimate of drug-likeness (QED) is 0.810. The molecule has 1 aliphatic rings. The van der Waals surface area contributed by atoms with Crippen LogP contribution in [0.4, 0.5) is 0 Å². The van der Waals surface area contributed by atoms with Crippen LogP contribution >= 0.6 is 23.2 Å². The molecule has 1 aliphatic heterocycles. The van der Waals surface area contributed by atoms with Gasteiger partial charge in [0.2, 0.25) is 5.91 Å². The van der Waals surface area contributed by atoms with Gasteiger partial charge in [-0.1, -0.05) is 44.0 Å². The number of benzene rings is 1. The molecule has 4 nitrogen and oxygen atoms in total. The first kappa shape index (κ1) is 18.1. The second-order valence-electron chi connectivity index (χ2n) is 7.03. The van der Waals surface area contributed by atoms with Crippen LogP contribution in [0.25, 0.3) is 0 Å². The predicted molar refractivity (Wildman–Crippen MR) is 93.0 cm³/mol. The number of hydrogen-bond donors (Lipinski definition) is 0. The van der Waals surface area contributed by atoms with Crippen molar-refractivity contribution in [2.24, 2.45) is 5.41 Å². The van der Waals surface area contributed by atoms with Gasteiger partial charge in [-0.15, -0.1) is 0 Å². The van der Waals surface area contributed by atoms with Crippen molar-refractivity contribution in [3.63, 3.8) is 0 Å². The second-order valence-corrected chi connectivity index (χ2v) is 7.88. The molecule has 0 N–H and O–H groups in total. The van der Waals surface area contributed by atoms with Crippen molar-refractivity contribution >= 4 is 35.0 Å². The molecule has 2 amide bonds. The molecule has 0 radical (unpaired) electrons. The summed E-state index contributed by atoms with van der Waals surface area (Å²) >= 11 is 12.0. The first-order valence-corrected chi connectivity index (χ1v) is 8.45. The van der Waals surface area contributed by atoms with E-state index >= 15 is 0 Å². The first-order chi connectivity index (χ1) is 10.7. The zero-order valence-corrected chi connectivity index (χ0v) is 15.2. The highest BCUT2D eigenvalue weighted by Crippen LogP contribution is 2.23. The van der Waals surface area contributed by atoms with E-state index in [4.69, 9.17) is 23.2 Å². The lowest BCUT2D eigenvalue weighted by Crippen LogP contribution is -2.51. The Morgan fingerprint density at radius 1 is 1.04 bits per heavy atom. The van der Waals surface area contributed by atoms with Gasteiger partial charge in [0, 0.05) is 37.6 Å². The van der Waals surface area contributed by atoms with E-state index in [-0.39, 0.29) is 17.2 Å². The van der Waals surface area contributed by atoms with Crippen molar-refractivity contribution in [2.75, 3.05) is 26.2 Å². The number of hydrogen-bond acceptors (Lipinski definition) is 2. The summed E-state index contributed by atoms with van der Waals surface area (Å²) in [6.45, 7) is 8.27. The predicted octanol–water partition coefficient (Wildman–Crippen LogP) is 3.71. The van der Waals surface area contributed by atoms with Crippen LogP contribution in [0.15, 0.2) is 18.2 Å². The van der Waals surface area contributed by atoms with Gasteiger partial charge in [-0.3, -0.25) is 9.59 Å². The van der Waals surface area contributed by atoms with E-state index in [1.54, 1.807) is 23.1 Å². The highest BCUT2D eigenvalue weighted by atomic mass is 35.5. The maximum absolute atomic E-state index is 12.6. The minimum absolute atomic E-state index is 0.0294. The Labute approximate surface area is 147 Å². The maximum atomic E-state index is 12.6. The highest BCUT2D eigenvalue weighted by molar-refractivity contribution is 6.35. The van der Waals surface area contributed by atoms with Crippen molar-refractivity contribution in [2.45, 2.75) is 27.2 Å². The fourth-order valence-corrected chi connectivity index (χ4v) is 2.93. The summed E-state index contributed by atoms with van der Waals surface area (Å²) in [6, 6.07) is 4.87. The molecule has 126 valence electrons. The molecule has 0 bridgehead atoms. The molecule has 0 unspecified atom stereocenters. The van der Waals surface area contributed by atoms with Gasteiger partial charge in [0.25, 0.3) is 5.91 Å². The Morgan fingerprint density at radius 3 is 2.17 bits per heavy atom. The molecule has 0 aliphatic carbocycles. The molecule has 23 heavy (non-hydrogen) atoms. The van der Waals surface area contributed by atoms with Crippen LogP contribution in [0, 0.1) is 5.41 Å². The monoisotopic (exact) mass is 356 g/mol. The van der Waals surface area contributed by atoms with E-state index in [2.05, 4.69) is 0 Å². The first-order valence-electron chi connectivity index (χ1n) is 7.69. The summed E-state index contributed by atoms with van der Waals surface area (Å²) < 4.78 is 0. The van der Waals surface area contributed by atoms with Crippen molar-refractivity contribution in [1.29, 1.82) is 0 Å². The smallest absolute Gasteiger partial charge is 0.255 e. The molecule has 1 aromatic carbocycles. The Hall–Kier alpha value is -1.26. The SMILES string of the molecule is CC(C)(C)CC(=O)N1CCN(C(=O)c2cc(Cl)ccc2Cl)CC1. The fraction of sp³-hybridized carbons (Fsp3) is 0.529.